The molecule has 102 valence electrons. The van der Waals surface area contributed by atoms with Crippen molar-refractivity contribution in [1.29, 1.82) is 0 Å². The highest BCUT2D eigenvalue weighted by molar-refractivity contribution is 5.75. The van der Waals surface area contributed by atoms with E-state index in [0.717, 1.165) is 6.42 Å². The fourth-order valence-corrected chi connectivity index (χ4v) is 1.13. The highest BCUT2D eigenvalue weighted by Gasteiger charge is 2.01. The molecule has 3 N–H and O–H groups in total. The first-order valence-corrected chi connectivity index (χ1v) is 6.02. The third-order valence-corrected chi connectivity index (χ3v) is 2.35. The molecule has 17 heavy (non-hydrogen) atoms. The zero-order valence-corrected chi connectivity index (χ0v) is 10.7. The molecule has 0 aromatic rings. The van der Waals surface area contributed by atoms with Gasteiger partial charge in [-0.3, -0.25) is 9.59 Å². The number of aliphatic carboxylic acids is 2. The molecule has 0 aliphatic carbocycles. The molecule has 0 bridgehead atoms. The van der Waals surface area contributed by atoms with Crippen LogP contribution in [0.4, 0.5) is 0 Å². The van der Waals surface area contributed by atoms with Gasteiger partial charge in [-0.1, -0.05) is 33.1 Å². The van der Waals surface area contributed by atoms with Gasteiger partial charge in [-0.15, -0.1) is 0 Å². The normalized spacial score (nSPS) is 11.2. The second-order valence-corrected chi connectivity index (χ2v) is 3.89. The Hall–Kier alpha value is -1.10. The molecule has 0 radical (unpaired) electrons. The summed E-state index contributed by atoms with van der Waals surface area (Å²) in [5.74, 6) is -1.59. The molecule has 1 unspecified atom stereocenters. The molecule has 0 aromatic heterocycles. The van der Waals surface area contributed by atoms with Gasteiger partial charge in [0.25, 0.3) is 0 Å². The van der Waals surface area contributed by atoms with Crippen molar-refractivity contribution in [1.82, 2.24) is 0 Å². The Bertz CT molecular complexity index is 185. The minimum atomic E-state index is -1.08. The maximum absolute atomic E-state index is 9.64. The number of unbranched alkanes of at least 4 members (excludes halogenated alkanes) is 1. The molecular formula is C12H24O5. The zero-order chi connectivity index (χ0) is 13.7. The molecule has 0 aliphatic rings. The topological polar surface area (TPSA) is 94.8 Å². The number of carboxylic acid groups (broad SMARTS) is 2. The summed E-state index contributed by atoms with van der Waals surface area (Å²) in [5, 5.41) is 24.6. The molecule has 1 atom stereocenters. The lowest BCUT2D eigenvalue weighted by molar-refractivity contribution is -0.143. The van der Waals surface area contributed by atoms with Crippen molar-refractivity contribution in [2.75, 3.05) is 6.61 Å². The summed E-state index contributed by atoms with van der Waals surface area (Å²) >= 11 is 0. The van der Waals surface area contributed by atoms with Gasteiger partial charge in [0.2, 0.25) is 0 Å². The van der Waals surface area contributed by atoms with Crippen LogP contribution >= 0.6 is 0 Å². The average molecular weight is 248 g/mol. The molecule has 0 saturated heterocycles. The van der Waals surface area contributed by atoms with Crippen LogP contribution in [0.2, 0.25) is 0 Å². The van der Waals surface area contributed by atoms with Gasteiger partial charge in [0.1, 0.15) is 0 Å². The summed E-state index contributed by atoms with van der Waals surface area (Å²) in [6, 6.07) is 0. The minimum Gasteiger partial charge on any atom is -0.481 e. The van der Waals surface area contributed by atoms with Gasteiger partial charge in [0.15, 0.2) is 0 Å². The lowest BCUT2D eigenvalue weighted by atomic mass is 10.0. The Balaban J connectivity index is 0. The Morgan fingerprint density at radius 3 is 1.76 bits per heavy atom. The largest absolute Gasteiger partial charge is 0.481 e. The quantitative estimate of drug-likeness (QED) is 0.611. The first kappa shape index (κ1) is 18.3. The van der Waals surface area contributed by atoms with Gasteiger partial charge >= 0.3 is 11.9 Å². The highest BCUT2D eigenvalue weighted by Crippen LogP contribution is 2.10. The number of rotatable bonds is 8. The van der Waals surface area contributed by atoms with E-state index in [9.17, 15) is 9.59 Å². The first-order valence-electron chi connectivity index (χ1n) is 6.02. The standard InChI is InChI=1S/C8H18O.C4H6O4/c1-3-5-6-8(4-2)7-9;5-3(6)1-2-4(7)8/h8-9H,3-7H2,1-2H3;1-2H2,(H,5,6)(H,7,8). The molecule has 0 saturated carbocycles. The number of carbonyl (C=O) groups is 2. The van der Waals surface area contributed by atoms with Gasteiger partial charge in [-0.05, 0) is 12.3 Å². The fraction of sp³-hybridized carbons (Fsp3) is 0.833. The van der Waals surface area contributed by atoms with E-state index in [1.165, 1.54) is 19.3 Å². The lowest BCUT2D eigenvalue weighted by Gasteiger charge is -2.08. The molecule has 0 amide bonds. The van der Waals surface area contributed by atoms with E-state index in [1.54, 1.807) is 0 Å². The van der Waals surface area contributed by atoms with Crippen LogP contribution < -0.4 is 0 Å². The van der Waals surface area contributed by atoms with Crippen LogP contribution in [-0.2, 0) is 9.59 Å². The van der Waals surface area contributed by atoms with Crippen molar-refractivity contribution in [2.24, 2.45) is 5.92 Å². The van der Waals surface area contributed by atoms with Gasteiger partial charge in [-0.2, -0.15) is 0 Å². The van der Waals surface area contributed by atoms with Crippen molar-refractivity contribution >= 4 is 11.9 Å². The molecule has 0 rings (SSSR count). The smallest absolute Gasteiger partial charge is 0.303 e. The second-order valence-electron chi connectivity index (χ2n) is 3.89. The van der Waals surface area contributed by atoms with E-state index in [1.807, 2.05) is 0 Å². The molecule has 5 nitrogen and oxygen atoms in total. The van der Waals surface area contributed by atoms with Crippen LogP contribution in [0.5, 0.6) is 0 Å². The van der Waals surface area contributed by atoms with E-state index in [4.69, 9.17) is 15.3 Å². The summed E-state index contributed by atoms with van der Waals surface area (Å²) in [4.78, 5) is 19.3. The molecule has 0 spiro atoms. The number of aliphatic hydroxyl groups is 1. The van der Waals surface area contributed by atoms with Crippen molar-refractivity contribution in [3.05, 3.63) is 0 Å². The summed E-state index contributed by atoms with van der Waals surface area (Å²) in [6.45, 7) is 4.69. The van der Waals surface area contributed by atoms with Gasteiger partial charge in [0.05, 0.1) is 12.8 Å². The van der Waals surface area contributed by atoms with Crippen molar-refractivity contribution < 1.29 is 24.9 Å². The fourth-order valence-electron chi connectivity index (χ4n) is 1.13. The third kappa shape index (κ3) is 17.5. The lowest BCUT2D eigenvalue weighted by Crippen LogP contribution is -2.03. The second kappa shape index (κ2) is 13.0. The summed E-state index contributed by atoms with van der Waals surface area (Å²) in [6.07, 6.45) is 4.24. The van der Waals surface area contributed by atoms with E-state index in [0.29, 0.717) is 12.5 Å². The van der Waals surface area contributed by atoms with Crippen LogP contribution in [0, 0.1) is 5.92 Å². The molecular weight excluding hydrogens is 224 g/mol. The molecule has 0 aliphatic heterocycles. The highest BCUT2D eigenvalue weighted by atomic mass is 16.4. The first-order chi connectivity index (χ1) is 7.97. The van der Waals surface area contributed by atoms with E-state index in [2.05, 4.69) is 13.8 Å². The minimum absolute atomic E-state index is 0.296. The van der Waals surface area contributed by atoms with Crippen LogP contribution in [0.3, 0.4) is 0 Å². The predicted molar refractivity (Wildman–Crippen MR) is 64.9 cm³/mol. The Morgan fingerprint density at radius 2 is 1.53 bits per heavy atom. The maximum Gasteiger partial charge on any atom is 0.303 e. The Kier molecular flexibility index (Phi) is 13.9. The van der Waals surface area contributed by atoms with Gasteiger partial charge in [-0.25, -0.2) is 0 Å². The third-order valence-electron chi connectivity index (χ3n) is 2.35. The number of carboxylic acids is 2. The zero-order valence-electron chi connectivity index (χ0n) is 10.7. The Labute approximate surface area is 102 Å². The van der Waals surface area contributed by atoms with Crippen LogP contribution in [0.15, 0.2) is 0 Å². The van der Waals surface area contributed by atoms with Gasteiger partial charge in [0, 0.05) is 6.61 Å². The number of hydrogen-bond acceptors (Lipinski definition) is 3. The SMILES string of the molecule is CCCCC(CC)CO.O=C(O)CCC(=O)O. The van der Waals surface area contributed by atoms with E-state index in [-0.39, 0.29) is 12.8 Å². The molecule has 5 heteroatoms. The Morgan fingerprint density at radius 1 is 1.06 bits per heavy atom. The van der Waals surface area contributed by atoms with Crippen LogP contribution in [0.25, 0.3) is 0 Å². The molecule has 0 aromatic carbocycles. The maximum atomic E-state index is 9.64. The van der Waals surface area contributed by atoms with Gasteiger partial charge < -0.3 is 15.3 Å². The van der Waals surface area contributed by atoms with Crippen molar-refractivity contribution in [3.63, 3.8) is 0 Å². The monoisotopic (exact) mass is 248 g/mol. The van der Waals surface area contributed by atoms with Crippen LogP contribution in [0.1, 0.15) is 52.4 Å². The van der Waals surface area contributed by atoms with Crippen molar-refractivity contribution in [2.45, 2.75) is 52.4 Å². The molecule has 0 fully saturated rings. The molecule has 0 heterocycles. The summed E-state index contributed by atoms with van der Waals surface area (Å²) in [7, 11) is 0. The van der Waals surface area contributed by atoms with E-state index < -0.39 is 11.9 Å². The summed E-state index contributed by atoms with van der Waals surface area (Å²) in [5.41, 5.74) is 0. The van der Waals surface area contributed by atoms with E-state index >= 15 is 0 Å². The van der Waals surface area contributed by atoms with Crippen molar-refractivity contribution in [3.8, 4) is 0 Å². The average Bonchev–Trinajstić information content (AvgIpc) is 2.29. The number of hydrogen-bond donors (Lipinski definition) is 3. The number of aliphatic hydroxyl groups excluding tert-OH is 1. The van der Waals surface area contributed by atoms with Crippen LogP contribution in [-0.4, -0.2) is 33.9 Å². The predicted octanol–water partition coefficient (Wildman–Crippen LogP) is 2.13. The summed E-state index contributed by atoms with van der Waals surface area (Å²) < 4.78 is 0.